The van der Waals surface area contributed by atoms with E-state index in [9.17, 15) is 9.59 Å². The molecular weight excluding hydrogens is 284 g/mol. The maximum atomic E-state index is 11.9. The van der Waals surface area contributed by atoms with Crippen LogP contribution in [-0.2, 0) is 9.59 Å². The lowest BCUT2D eigenvalue weighted by atomic mass is 9.97. The van der Waals surface area contributed by atoms with Gasteiger partial charge in [-0.2, -0.15) is 0 Å². The molecule has 1 aliphatic heterocycles. The standard InChI is InChI=1S/C16H22N2O4/c1-2-21-13-3-5-14(6-4-13)22-11-15(19)18-16(20)12-7-9-17-10-8-12/h3-6,12,17H,2,7-11H2,1H3,(H,18,19,20). The highest BCUT2D eigenvalue weighted by Gasteiger charge is 2.22. The average molecular weight is 306 g/mol. The molecule has 120 valence electrons. The van der Waals surface area contributed by atoms with Crippen molar-refractivity contribution in [3.8, 4) is 11.5 Å². The molecule has 2 N–H and O–H groups in total. The van der Waals surface area contributed by atoms with Gasteiger partial charge in [-0.15, -0.1) is 0 Å². The molecule has 0 aromatic heterocycles. The second-order valence-electron chi connectivity index (χ2n) is 5.13. The zero-order chi connectivity index (χ0) is 15.8. The Bertz CT molecular complexity index is 495. The van der Waals surface area contributed by atoms with Crippen LogP contribution in [0.4, 0.5) is 0 Å². The molecule has 0 bridgehead atoms. The van der Waals surface area contributed by atoms with Crippen LogP contribution in [0.15, 0.2) is 24.3 Å². The van der Waals surface area contributed by atoms with Gasteiger partial charge in [0.15, 0.2) is 6.61 Å². The molecule has 1 saturated heterocycles. The molecule has 1 fully saturated rings. The summed E-state index contributed by atoms with van der Waals surface area (Å²) < 4.78 is 10.7. The van der Waals surface area contributed by atoms with Gasteiger partial charge in [0.25, 0.3) is 5.91 Å². The molecular formula is C16H22N2O4. The van der Waals surface area contributed by atoms with Crippen molar-refractivity contribution in [1.29, 1.82) is 0 Å². The number of piperidine rings is 1. The van der Waals surface area contributed by atoms with Crippen LogP contribution in [0.2, 0.25) is 0 Å². The molecule has 0 radical (unpaired) electrons. The van der Waals surface area contributed by atoms with E-state index in [-0.39, 0.29) is 18.4 Å². The summed E-state index contributed by atoms with van der Waals surface area (Å²) >= 11 is 0. The fourth-order valence-corrected chi connectivity index (χ4v) is 2.31. The van der Waals surface area contributed by atoms with E-state index in [1.165, 1.54) is 0 Å². The first-order valence-electron chi connectivity index (χ1n) is 7.59. The van der Waals surface area contributed by atoms with Crippen molar-refractivity contribution in [2.45, 2.75) is 19.8 Å². The smallest absolute Gasteiger partial charge is 0.264 e. The molecule has 6 heteroatoms. The zero-order valence-electron chi connectivity index (χ0n) is 12.8. The molecule has 0 aliphatic carbocycles. The van der Waals surface area contributed by atoms with Gasteiger partial charge in [0.05, 0.1) is 6.61 Å². The third kappa shape index (κ3) is 5.04. The maximum absolute atomic E-state index is 11.9. The minimum Gasteiger partial charge on any atom is -0.494 e. The first-order valence-corrected chi connectivity index (χ1v) is 7.59. The first kappa shape index (κ1) is 16.3. The number of carbonyl (C=O) groups is 2. The predicted molar refractivity (Wildman–Crippen MR) is 81.8 cm³/mol. The lowest BCUT2D eigenvalue weighted by Gasteiger charge is -2.21. The van der Waals surface area contributed by atoms with Crippen LogP contribution in [0.5, 0.6) is 11.5 Å². The number of hydrogen-bond acceptors (Lipinski definition) is 5. The van der Waals surface area contributed by atoms with E-state index < -0.39 is 5.91 Å². The van der Waals surface area contributed by atoms with Crippen molar-refractivity contribution in [2.24, 2.45) is 5.92 Å². The molecule has 0 atom stereocenters. The zero-order valence-corrected chi connectivity index (χ0v) is 12.8. The van der Waals surface area contributed by atoms with E-state index in [0.29, 0.717) is 12.4 Å². The molecule has 1 aliphatic rings. The second-order valence-corrected chi connectivity index (χ2v) is 5.13. The Balaban J connectivity index is 1.73. The lowest BCUT2D eigenvalue weighted by molar-refractivity contribution is -0.134. The normalized spacial score (nSPS) is 15.1. The van der Waals surface area contributed by atoms with Crippen molar-refractivity contribution < 1.29 is 19.1 Å². The van der Waals surface area contributed by atoms with E-state index in [4.69, 9.17) is 9.47 Å². The van der Waals surface area contributed by atoms with Crippen LogP contribution in [0.3, 0.4) is 0 Å². The Morgan fingerprint density at radius 1 is 1.14 bits per heavy atom. The van der Waals surface area contributed by atoms with Crippen molar-refractivity contribution >= 4 is 11.8 Å². The van der Waals surface area contributed by atoms with Crippen LogP contribution < -0.4 is 20.1 Å². The van der Waals surface area contributed by atoms with Gasteiger partial charge in [-0.05, 0) is 57.1 Å². The first-order chi connectivity index (χ1) is 10.7. The van der Waals surface area contributed by atoms with Crippen molar-refractivity contribution in [1.82, 2.24) is 10.6 Å². The van der Waals surface area contributed by atoms with Crippen LogP contribution in [0, 0.1) is 5.92 Å². The molecule has 1 heterocycles. The second kappa shape index (κ2) is 8.38. The Morgan fingerprint density at radius 3 is 2.32 bits per heavy atom. The number of benzene rings is 1. The minimum atomic E-state index is -0.419. The number of carbonyl (C=O) groups excluding carboxylic acids is 2. The Labute approximate surface area is 130 Å². The number of amides is 2. The van der Waals surface area contributed by atoms with E-state index in [1.807, 2.05) is 6.92 Å². The predicted octanol–water partition coefficient (Wildman–Crippen LogP) is 1.11. The highest BCUT2D eigenvalue weighted by molar-refractivity contribution is 5.96. The van der Waals surface area contributed by atoms with Gasteiger partial charge >= 0.3 is 0 Å². The fraction of sp³-hybridized carbons (Fsp3) is 0.500. The molecule has 1 aromatic rings. The molecule has 2 amide bonds. The number of ether oxygens (including phenoxy) is 2. The van der Waals surface area contributed by atoms with Gasteiger partial charge in [0, 0.05) is 5.92 Å². The summed E-state index contributed by atoms with van der Waals surface area (Å²) in [5.74, 6) is 0.600. The van der Waals surface area contributed by atoms with Crippen LogP contribution >= 0.6 is 0 Å². The van der Waals surface area contributed by atoms with Gasteiger partial charge in [0.2, 0.25) is 5.91 Å². The fourth-order valence-electron chi connectivity index (χ4n) is 2.31. The van der Waals surface area contributed by atoms with Crippen LogP contribution in [0.1, 0.15) is 19.8 Å². The van der Waals surface area contributed by atoms with Gasteiger partial charge < -0.3 is 14.8 Å². The average Bonchev–Trinajstić information content (AvgIpc) is 2.55. The molecule has 1 aromatic carbocycles. The molecule has 0 saturated carbocycles. The summed E-state index contributed by atoms with van der Waals surface area (Å²) in [4.78, 5) is 23.6. The number of imide groups is 1. The van der Waals surface area contributed by atoms with E-state index in [1.54, 1.807) is 24.3 Å². The van der Waals surface area contributed by atoms with Crippen molar-refractivity contribution in [3.05, 3.63) is 24.3 Å². The SMILES string of the molecule is CCOc1ccc(OCC(=O)NC(=O)C2CCNCC2)cc1. The molecule has 2 rings (SSSR count). The third-order valence-electron chi connectivity index (χ3n) is 3.48. The van der Waals surface area contributed by atoms with Crippen molar-refractivity contribution in [2.75, 3.05) is 26.3 Å². The number of rotatable bonds is 6. The minimum absolute atomic E-state index is 0.0873. The third-order valence-corrected chi connectivity index (χ3v) is 3.48. The van der Waals surface area contributed by atoms with E-state index >= 15 is 0 Å². The Kier molecular flexibility index (Phi) is 6.21. The summed E-state index contributed by atoms with van der Waals surface area (Å²) in [6.07, 6.45) is 1.53. The Morgan fingerprint density at radius 2 is 1.73 bits per heavy atom. The number of nitrogens with one attached hydrogen (secondary N) is 2. The highest BCUT2D eigenvalue weighted by atomic mass is 16.5. The summed E-state index contributed by atoms with van der Waals surface area (Å²) in [6.45, 7) is 3.96. The largest absolute Gasteiger partial charge is 0.494 e. The summed E-state index contributed by atoms with van der Waals surface area (Å²) in [5, 5.41) is 5.58. The monoisotopic (exact) mass is 306 g/mol. The topological polar surface area (TPSA) is 76.7 Å². The summed E-state index contributed by atoms with van der Waals surface area (Å²) in [7, 11) is 0. The number of hydrogen-bond donors (Lipinski definition) is 2. The van der Waals surface area contributed by atoms with Crippen LogP contribution in [0.25, 0.3) is 0 Å². The van der Waals surface area contributed by atoms with Crippen LogP contribution in [-0.4, -0.2) is 38.1 Å². The van der Waals surface area contributed by atoms with Gasteiger partial charge in [-0.1, -0.05) is 0 Å². The lowest BCUT2D eigenvalue weighted by Crippen LogP contribution is -2.42. The molecule has 0 unspecified atom stereocenters. The van der Waals surface area contributed by atoms with E-state index in [0.717, 1.165) is 31.7 Å². The maximum Gasteiger partial charge on any atom is 0.264 e. The van der Waals surface area contributed by atoms with E-state index in [2.05, 4.69) is 10.6 Å². The quantitative estimate of drug-likeness (QED) is 0.823. The van der Waals surface area contributed by atoms with Gasteiger partial charge in [0.1, 0.15) is 11.5 Å². The summed E-state index contributed by atoms with van der Waals surface area (Å²) in [5.41, 5.74) is 0. The van der Waals surface area contributed by atoms with Crippen molar-refractivity contribution in [3.63, 3.8) is 0 Å². The highest BCUT2D eigenvalue weighted by Crippen LogP contribution is 2.17. The summed E-state index contributed by atoms with van der Waals surface area (Å²) in [6, 6.07) is 7.01. The Hall–Kier alpha value is -2.08. The van der Waals surface area contributed by atoms with Gasteiger partial charge in [-0.3, -0.25) is 14.9 Å². The molecule has 6 nitrogen and oxygen atoms in total. The van der Waals surface area contributed by atoms with Gasteiger partial charge in [-0.25, -0.2) is 0 Å². The molecule has 0 spiro atoms. The molecule has 22 heavy (non-hydrogen) atoms.